The van der Waals surface area contributed by atoms with E-state index in [0.717, 1.165) is 37.6 Å². The van der Waals surface area contributed by atoms with Gasteiger partial charge in [0, 0.05) is 43.6 Å². The molecule has 148 valence electrons. The van der Waals surface area contributed by atoms with Crippen LogP contribution >= 0.6 is 0 Å². The summed E-state index contributed by atoms with van der Waals surface area (Å²) >= 11 is 0. The minimum Gasteiger partial charge on any atom is -0.497 e. The number of hydrogen-bond donors (Lipinski definition) is 1. The van der Waals surface area contributed by atoms with Crippen molar-refractivity contribution in [1.29, 1.82) is 0 Å². The van der Waals surface area contributed by atoms with Crippen LogP contribution in [0.1, 0.15) is 19.4 Å². The van der Waals surface area contributed by atoms with Crippen molar-refractivity contribution in [2.24, 2.45) is 5.92 Å². The Morgan fingerprint density at radius 3 is 2.82 bits per heavy atom. The van der Waals surface area contributed by atoms with E-state index in [2.05, 4.69) is 32.2 Å². The van der Waals surface area contributed by atoms with E-state index in [-0.39, 0.29) is 23.9 Å². The average Bonchev–Trinajstić information content (AvgIpc) is 2.72. The van der Waals surface area contributed by atoms with Crippen LogP contribution in [-0.4, -0.2) is 49.7 Å². The number of rotatable bonds is 4. The van der Waals surface area contributed by atoms with E-state index in [1.54, 1.807) is 7.11 Å². The molecule has 1 saturated heterocycles. The Kier molecular flexibility index (Phi) is 5.11. The molecule has 0 aliphatic carbocycles. The minimum absolute atomic E-state index is 0.0881. The van der Waals surface area contributed by atoms with Crippen molar-refractivity contribution >= 4 is 17.4 Å². The summed E-state index contributed by atoms with van der Waals surface area (Å²) in [5.41, 5.74) is 2.41. The predicted octanol–water partition coefficient (Wildman–Crippen LogP) is 2.48. The summed E-state index contributed by atoms with van der Waals surface area (Å²) in [6.07, 6.45) is 2.57. The Labute approximate surface area is 166 Å². The van der Waals surface area contributed by atoms with Crippen molar-refractivity contribution in [2.75, 3.05) is 36.5 Å². The summed E-state index contributed by atoms with van der Waals surface area (Å²) < 4.78 is 5.45. The van der Waals surface area contributed by atoms with Gasteiger partial charge in [-0.05, 0) is 44.0 Å². The second-order valence-electron chi connectivity index (χ2n) is 7.86. The molecule has 0 spiro atoms. The van der Waals surface area contributed by atoms with Crippen molar-refractivity contribution < 1.29 is 9.53 Å². The molecule has 1 N–H and O–H groups in total. The number of carbonyl (C=O) groups excluding carboxylic acids is 1. The van der Waals surface area contributed by atoms with Gasteiger partial charge in [-0.15, -0.1) is 0 Å². The quantitative estimate of drug-likeness (QED) is 0.883. The number of fused-ring (bicyclic) bond motifs is 3. The summed E-state index contributed by atoms with van der Waals surface area (Å²) in [4.78, 5) is 22.2. The molecule has 6 nitrogen and oxygen atoms in total. The number of anilines is 2. The molecule has 0 saturated carbocycles. The Hall–Kier alpha value is -2.76. The average molecular weight is 380 g/mol. The number of nitrogens with one attached hydrogen (secondary N) is 1. The van der Waals surface area contributed by atoms with E-state index in [1.807, 2.05) is 44.3 Å². The van der Waals surface area contributed by atoms with Gasteiger partial charge in [0.1, 0.15) is 11.6 Å². The fourth-order valence-corrected chi connectivity index (χ4v) is 4.34. The highest BCUT2D eigenvalue weighted by Crippen LogP contribution is 2.38. The van der Waals surface area contributed by atoms with Gasteiger partial charge in [-0.2, -0.15) is 0 Å². The first-order valence-corrected chi connectivity index (χ1v) is 9.96. The Morgan fingerprint density at radius 1 is 1.25 bits per heavy atom. The molecule has 1 aromatic carbocycles. The van der Waals surface area contributed by atoms with Gasteiger partial charge in [0.05, 0.1) is 19.1 Å². The van der Waals surface area contributed by atoms with E-state index in [1.165, 1.54) is 11.3 Å². The van der Waals surface area contributed by atoms with Crippen LogP contribution in [0, 0.1) is 5.92 Å². The van der Waals surface area contributed by atoms with Crippen LogP contribution in [-0.2, 0) is 11.2 Å². The molecular formula is C22H28N4O2. The van der Waals surface area contributed by atoms with Crippen LogP contribution in [0.4, 0.5) is 11.5 Å². The van der Waals surface area contributed by atoms with Crippen molar-refractivity contribution in [3.05, 3.63) is 48.2 Å². The molecule has 0 bridgehead atoms. The Balaban J connectivity index is 1.67. The number of pyridine rings is 1. The van der Waals surface area contributed by atoms with E-state index in [0.29, 0.717) is 0 Å². The van der Waals surface area contributed by atoms with E-state index < -0.39 is 0 Å². The molecule has 2 aromatic rings. The Bertz CT molecular complexity index is 840. The Morgan fingerprint density at radius 2 is 2.11 bits per heavy atom. The van der Waals surface area contributed by atoms with Crippen molar-refractivity contribution in [2.45, 2.75) is 32.4 Å². The first-order valence-electron chi connectivity index (χ1n) is 9.96. The van der Waals surface area contributed by atoms with Crippen molar-refractivity contribution in [3.63, 3.8) is 0 Å². The highest BCUT2D eigenvalue weighted by Gasteiger charge is 2.42. The lowest BCUT2D eigenvalue weighted by Gasteiger charge is -2.49. The monoisotopic (exact) mass is 380 g/mol. The second kappa shape index (κ2) is 7.70. The SMILES string of the molecule is COc1ccc2c(c1)N1CCN(c3ccccn3)C[C@@H]1[C@H](C(=O)NC(C)C)C2. The van der Waals surface area contributed by atoms with Crippen LogP contribution < -0.4 is 19.9 Å². The van der Waals surface area contributed by atoms with Gasteiger partial charge in [0.15, 0.2) is 0 Å². The lowest BCUT2D eigenvalue weighted by atomic mass is 9.83. The maximum absolute atomic E-state index is 13.0. The third-order valence-electron chi connectivity index (χ3n) is 5.67. The van der Waals surface area contributed by atoms with Crippen LogP contribution in [0.3, 0.4) is 0 Å². The number of benzene rings is 1. The summed E-state index contributed by atoms with van der Waals surface area (Å²) in [7, 11) is 1.69. The number of hydrogen-bond acceptors (Lipinski definition) is 5. The fraction of sp³-hybridized carbons (Fsp3) is 0.455. The molecule has 4 rings (SSSR count). The molecule has 1 amide bonds. The van der Waals surface area contributed by atoms with Gasteiger partial charge in [0.25, 0.3) is 0 Å². The molecular weight excluding hydrogens is 352 g/mol. The third-order valence-corrected chi connectivity index (χ3v) is 5.67. The highest BCUT2D eigenvalue weighted by atomic mass is 16.5. The largest absolute Gasteiger partial charge is 0.497 e. The number of nitrogens with zero attached hydrogens (tertiary/aromatic N) is 3. The molecule has 1 fully saturated rings. The molecule has 1 aromatic heterocycles. The third kappa shape index (κ3) is 3.51. The molecule has 6 heteroatoms. The zero-order valence-corrected chi connectivity index (χ0v) is 16.8. The summed E-state index contributed by atoms with van der Waals surface area (Å²) in [5.74, 6) is 1.88. The zero-order valence-electron chi connectivity index (χ0n) is 16.8. The summed E-state index contributed by atoms with van der Waals surface area (Å²) in [5, 5.41) is 3.13. The van der Waals surface area contributed by atoms with Gasteiger partial charge in [-0.1, -0.05) is 12.1 Å². The van der Waals surface area contributed by atoms with Gasteiger partial charge >= 0.3 is 0 Å². The van der Waals surface area contributed by atoms with Gasteiger partial charge in [0.2, 0.25) is 5.91 Å². The maximum Gasteiger partial charge on any atom is 0.225 e. The normalized spacial score (nSPS) is 21.1. The van der Waals surface area contributed by atoms with Crippen LogP contribution in [0.2, 0.25) is 0 Å². The van der Waals surface area contributed by atoms with Gasteiger partial charge < -0.3 is 19.9 Å². The molecule has 2 aliphatic rings. The second-order valence-corrected chi connectivity index (χ2v) is 7.86. The maximum atomic E-state index is 13.0. The minimum atomic E-state index is -0.0881. The first-order chi connectivity index (χ1) is 13.6. The van der Waals surface area contributed by atoms with Crippen LogP contribution in [0.25, 0.3) is 0 Å². The number of carbonyl (C=O) groups is 1. The molecule has 0 radical (unpaired) electrons. The zero-order chi connectivity index (χ0) is 19.7. The number of ether oxygens (including phenoxy) is 1. The van der Waals surface area contributed by atoms with E-state index in [9.17, 15) is 4.79 Å². The molecule has 2 aliphatic heterocycles. The number of piperazine rings is 1. The summed E-state index contributed by atoms with van der Waals surface area (Å²) in [6.45, 7) is 6.54. The van der Waals surface area contributed by atoms with Gasteiger partial charge in [-0.25, -0.2) is 4.98 Å². The highest BCUT2D eigenvalue weighted by molar-refractivity contribution is 5.82. The van der Waals surface area contributed by atoms with Crippen LogP contribution in [0.5, 0.6) is 5.75 Å². The number of aromatic nitrogens is 1. The van der Waals surface area contributed by atoms with Crippen molar-refractivity contribution in [1.82, 2.24) is 10.3 Å². The smallest absolute Gasteiger partial charge is 0.225 e. The lowest BCUT2D eigenvalue weighted by Crippen LogP contribution is -2.61. The van der Waals surface area contributed by atoms with Gasteiger partial charge in [-0.3, -0.25) is 4.79 Å². The standard InChI is InChI=1S/C22H28N4O2/c1-15(2)24-22(27)18-12-16-7-8-17(28-3)13-19(16)26-11-10-25(14-20(18)26)21-6-4-5-9-23-21/h4-9,13,15,18,20H,10-12,14H2,1-3H3,(H,24,27)/t18-,20-/m1/s1. The molecule has 3 heterocycles. The predicted molar refractivity (Wildman–Crippen MR) is 111 cm³/mol. The topological polar surface area (TPSA) is 57.7 Å². The lowest BCUT2D eigenvalue weighted by molar-refractivity contribution is -0.126. The van der Waals surface area contributed by atoms with Crippen LogP contribution in [0.15, 0.2) is 42.6 Å². The van der Waals surface area contributed by atoms with E-state index >= 15 is 0 Å². The number of amides is 1. The molecule has 2 atom stereocenters. The van der Waals surface area contributed by atoms with Crippen molar-refractivity contribution in [3.8, 4) is 5.75 Å². The van der Waals surface area contributed by atoms with E-state index in [4.69, 9.17) is 4.74 Å². The summed E-state index contributed by atoms with van der Waals surface area (Å²) in [6, 6.07) is 12.4. The molecule has 0 unspecified atom stereocenters. The fourth-order valence-electron chi connectivity index (χ4n) is 4.34. The molecule has 28 heavy (non-hydrogen) atoms. The first kappa shape index (κ1) is 18.6. The number of methoxy groups -OCH3 is 1.